The lowest BCUT2D eigenvalue weighted by molar-refractivity contribution is -0.286. The second-order valence-electron chi connectivity index (χ2n) is 5.67. The summed E-state index contributed by atoms with van der Waals surface area (Å²) in [5.41, 5.74) is 0.885. The van der Waals surface area contributed by atoms with Gasteiger partial charge in [-0.1, -0.05) is 15.9 Å². The summed E-state index contributed by atoms with van der Waals surface area (Å²) in [6.45, 7) is 0. The van der Waals surface area contributed by atoms with Crippen LogP contribution in [0.3, 0.4) is 0 Å². The van der Waals surface area contributed by atoms with Crippen molar-refractivity contribution in [1.29, 1.82) is 0 Å². The molecule has 3 heterocycles. The number of alkyl halides is 2. The molecule has 1 aliphatic heterocycles. The molecule has 4 rings (SSSR count). The van der Waals surface area contributed by atoms with Gasteiger partial charge in [-0.05, 0) is 36.4 Å². The number of pyridine rings is 2. The average Bonchev–Trinajstić information content (AvgIpc) is 2.95. The zero-order chi connectivity index (χ0) is 19.9. The number of halogens is 4. The Morgan fingerprint density at radius 1 is 1.11 bits per heavy atom. The zero-order valence-corrected chi connectivity index (χ0v) is 15.3. The van der Waals surface area contributed by atoms with E-state index in [1.807, 2.05) is 0 Å². The minimum absolute atomic E-state index is 0.0871. The minimum Gasteiger partial charge on any atom is -0.395 e. The van der Waals surface area contributed by atoms with Crippen molar-refractivity contribution in [2.45, 2.75) is 6.29 Å². The first-order valence-corrected chi connectivity index (χ1v) is 8.59. The minimum atomic E-state index is -3.71. The molecule has 28 heavy (non-hydrogen) atoms. The lowest BCUT2D eigenvalue weighted by Crippen LogP contribution is -2.25. The molecule has 0 fully saturated rings. The molecule has 0 radical (unpaired) electrons. The SMILES string of the molecule is O=C(Nc1ccc(-c2cc3c(cc2Br)OC(F)(F)O3)cn1)c1cccnc1F. The first-order chi connectivity index (χ1) is 13.3. The van der Waals surface area contributed by atoms with Crippen LogP contribution in [0.4, 0.5) is 19.0 Å². The molecule has 2 aromatic heterocycles. The largest absolute Gasteiger partial charge is 0.586 e. The average molecular weight is 452 g/mol. The highest BCUT2D eigenvalue weighted by Crippen LogP contribution is 2.46. The van der Waals surface area contributed by atoms with Gasteiger partial charge in [-0.25, -0.2) is 9.97 Å². The highest BCUT2D eigenvalue weighted by atomic mass is 79.9. The van der Waals surface area contributed by atoms with Gasteiger partial charge in [0.1, 0.15) is 5.82 Å². The summed E-state index contributed by atoms with van der Waals surface area (Å²) in [6, 6.07) is 8.60. The van der Waals surface area contributed by atoms with Crippen LogP contribution in [0.25, 0.3) is 11.1 Å². The quantitative estimate of drug-likeness (QED) is 0.588. The number of ether oxygens (including phenoxy) is 2. The molecule has 0 saturated carbocycles. The first kappa shape index (κ1) is 18.2. The highest BCUT2D eigenvalue weighted by Gasteiger charge is 2.43. The van der Waals surface area contributed by atoms with Gasteiger partial charge in [-0.15, -0.1) is 8.78 Å². The van der Waals surface area contributed by atoms with Gasteiger partial charge < -0.3 is 14.8 Å². The molecule has 6 nitrogen and oxygen atoms in total. The van der Waals surface area contributed by atoms with Crippen LogP contribution in [0.2, 0.25) is 0 Å². The van der Waals surface area contributed by atoms with Crippen LogP contribution in [0.1, 0.15) is 10.4 Å². The number of aromatic nitrogens is 2. The van der Waals surface area contributed by atoms with Crippen LogP contribution in [0.15, 0.2) is 53.3 Å². The Morgan fingerprint density at radius 3 is 2.54 bits per heavy atom. The number of anilines is 1. The predicted molar refractivity (Wildman–Crippen MR) is 95.7 cm³/mol. The third-order valence-corrected chi connectivity index (χ3v) is 4.47. The Bertz CT molecular complexity index is 1080. The van der Waals surface area contributed by atoms with Gasteiger partial charge in [-0.2, -0.15) is 4.39 Å². The summed E-state index contributed by atoms with van der Waals surface area (Å²) < 4.78 is 49.3. The molecule has 1 amide bonds. The van der Waals surface area contributed by atoms with Crippen LogP contribution < -0.4 is 14.8 Å². The summed E-state index contributed by atoms with van der Waals surface area (Å²) in [4.78, 5) is 19.6. The molecule has 1 aromatic carbocycles. The number of carbonyl (C=O) groups is 1. The van der Waals surface area contributed by atoms with Crippen LogP contribution in [0, 0.1) is 5.95 Å². The van der Waals surface area contributed by atoms with Crippen LogP contribution in [-0.4, -0.2) is 22.2 Å². The fourth-order valence-electron chi connectivity index (χ4n) is 2.56. The number of benzene rings is 1. The molecule has 0 saturated heterocycles. The maximum Gasteiger partial charge on any atom is 0.586 e. The number of carbonyl (C=O) groups excluding carboxylic acids is 1. The van der Waals surface area contributed by atoms with Crippen molar-refractivity contribution in [3.63, 3.8) is 0 Å². The monoisotopic (exact) mass is 451 g/mol. The normalized spacial score (nSPS) is 14.0. The number of hydrogen-bond acceptors (Lipinski definition) is 5. The number of nitrogens with zero attached hydrogens (tertiary/aromatic N) is 2. The molecule has 0 unspecified atom stereocenters. The van der Waals surface area contributed by atoms with E-state index in [1.54, 1.807) is 6.07 Å². The van der Waals surface area contributed by atoms with Gasteiger partial charge in [0, 0.05) is 28.0 Å². The van der Waals surface area contributed by atoms with E-state index in [2.05, 4.69) is 40.7 Å². The lowest BCUT2D eigenvalue weighted by Gasteiger charge is -2.08. The summed E-state index contributed by atoms with van der Waals surface area (Å²) in [7, 11) is 0. The van der Waals surface area contributed by atoms with Crippen molar-refractivity contribution in [3.05, 3.63) is 64.8 Å². The highest BCUT2D eigenvalue weighted by molar-refractivity contribution is 9.10. The van der Waals surface area contributed by atoms with E-state index >= 15 is 0 Å². The topological polar surface area (TPSA) is 73.3 Å². The second kappa shape index (κ2) is 6.79. The fourth-order valence-corrected chi connectivity index (χ4v) is 3.11. The zero-order valence-electron chi connectivity index (χ0n) is 13.7. The summed E-state index contributed by atoms with van der Waals surface area (Å²) in [6.07, 6.45) is -1.05. The van der Waals surface area contributed by atoms with Gasteiger partial charge >= 0.3 is 6.29 Å². The maximum absolute atomic E-state index is 13.6. The van der Waals surface area contributed by atoms with Crippen LogP contribution in [0.5, 0.6) is 11.5 Å². The van der Waals surface area contributed by atoms with Crippen LogP contribution in [-0.2, 0) is 0 Å². The van der Waals surface area contributed by atoms with E-state index in [0.717, 1.165) is 0 Å². The lowest BCUT2D eigenvalue weighted by atomic mass is 10.1. The van der Waals surface area contributed by atoms with Gasteiger partial charge in [-0.3, -0.25) is 4.79 Å². The van der Waals surface area contributed by atoms with E-state index in [1.165, 1.54) is 42.7 Å². The first-order valence-electron chi connectivity index (χ1n) is 7.80. The van der Waals surface area contributed by atoms with E-state index in [-0.39, 0.29) is 22.9 Å². The fraction of sp³-hybridized carbons (Fsp3) is 0.0556. The van der Waals surface area contributed by atoms with Gasteiger partial charge in [0.2, 0.25) is 5.95 Å². The number of fused-ring (bicyclic) bond motifs is 1. The van der Waals surface area contributed by atoms with E-state index in [9.17, 15) is 18.0 Å². The molecule has 1 aliphatic rings. The third kappa shape index (κ3) is 3.50. The van der Waals surface area contributed by atoms with Crippen molar-refractivity contribution >= 4 is 27.7 Å². The Kier molecular flexibility index (Phi) is 4.42. The number of rotatable bonds is 3. The second-order valence-corrected chi connectivity index (χ2v) is 6.53. The molecular weight excluding hydrogens is 443 g/mol. The van der Waals surface area contributed by atoms with Crippen LogP contribution >= 0.6 is 15.9 Å². The smallest absolute Gasteiger partial charge is 0.395 e. The molecular formula is C18H9BrF3N3O3. The molecule has 0 bridgehead atoms. The van der Waals surface area contributed by atoms with Crippen molar-refractivity contribution in [2.24, 2.45) is 0 Å². The maximum atomic E-state index is 13.6. The Labute approximate surface area is 164 Å². The van der Waals surface area contributed by atoms with Gasteiger partial charge in [0.25, 0.3) is 5.91 Å². The molecule has 3 aromatic rings. The third-order valence-electron chi connectivity index (χ3n) is 3.81. The Morgan fingerprint density at radius 2 is 1.86 bits per heavy atom. The van der Waals surface area contributed by atoms with Crippen molar-refractivity contribution in [3.8, 4) is 22.6 Å². The van der Waals surface area contributed by atoms with Crippen molar-refractivity contribution in [1.82, 2.24) is 9.97 Å². The molecule has 0 spiro atoms. The Hall–Kier alpha value is -3.14. The molecule has 142 valence electrons. The Balaban J connectivity index is 1.56. The number of nitrogens with one attached hydrogen (secondary N) is 1. The summed E-state index contributed by atoms with van der Waals surface area (Å²) in [5, 5.41) is 2.46. The van der Waals surface area contributed by atoms with Crippen molar-refractivity contribution in [2.75, 3.05) is 5.32 Å². The van der Waals surface area contributed by atoms with E-state index in [4.69, 9.17) is 0 Å². The summed E-state index contributed by atoms with van der Waals surface area (Å²) in [5.74, 6) is -1.60. The summed E-state index contributed by atoms with van der Waals surface area (Å²) >= 11 is 3.29. The van der Waals surface area contributed by atoms with E-state index in [0.29, 0.717) is 15.6 Å². The standard InChI is InChI=1S/C18H9BrF3N3O3/c19-12-7-14-13(27-18(21,22)28-14)6-11(12)9-3-4-15(24-8-9)25-17(26)10-2-1-5-23-16(10)20/h1-8H,(H,24,25,26). The predicted octanol–water partition coefficient (Wildman–Crippen LogP) is 4.62. The van der Waals surface area contributed by atoms with Gasteiger partial charge in [0.15, 0.2) is 11.5 Å². The number of amides is 1. The van der Waals surface area contributed by atoms with E-state index < -0.39 is 18.1 Å². The van der Waals surface area contributed by atoms with Crippen molar-refractivity contribution < 1.29 is 27.4 Å². The molecule has 1 N–H and O–H groups in total. The molecule has 0 atom stereocenters. The molecule has 10 heteroatoms. The van der Waals surface area contributed by atoms with Gasteiger partial charge in [0.05, 0.1) is 5.56 Å². The molecule has 0 aliphatic carbocycles. The number of hydrogen-bond donors (Lipinski definition) is 1.